The fourth-order valence-corrected chi connectivity index (χ4v) is 2.80. The Morgan fingerprint density at radius 3 is 2.71 bits per heavy atom. The second-order valence-corrected chi connectivity index (χ2v) is 6.48. The molecule has 0 saturated carbocycles. The number of aromatic nitrogens is 2. The molecule has 3 aromatic rings. The molecule has 0 atom stereocenters. The zero-order valence-corrected chi connectivity index (χ0v) is 14.7. The molecule has 0 saturated heterocycles. The molecule has 124 valence electrons. The van der Waals surface area contributed by atoms with E-state index in [0.29, 0.717) is 17.7 Å². The first kappa shape index (κ1) is 16.6. The fraction of sp³-hybridized carbons (Fsp3) is 0.263. The molecule has 4 nitrogen and oxygen atoms in total. The van der Waals surface area contributed by atoms with Crippen LogP contribution in [-0.4, -0.2) is 22.6 Å². The summed E-state index contributed by atoms with van der Waals surface area (Å²) in [5, 5.41) is 8.74. The van der Waals surface area contributed by atoms with Gasteiger partial charge in [-0.1, -0.05) is 48.5 Å². The molecule has 24 heavy (non-hydrogen) atoms. The number of hydrogen-bond acceptors (Lipinski definition) is 5. The van der Waals surface area contributed by atoms with E-state index in [1.54, 1.807) is 0 Å². The third-order valence-electron chi connectivity index (χ3n) is 3.59. The summed E-state index contributed by atoms with van der Waals surface area (Å²) >= 11 is 1.50. The number of hydrogen-bond donors (Lipinski definition) is 0. The molecule has 0 amide bonds. The maximum atomic E-state index is 5.76. The van der Waals surface area contributed by atoms with E-state index < -0.39 is 0 Å². The minimum absolute atomic E-state index is 0.550. The van der Waals surface area contributed by atoms with Crippen LogP contribution < -0.4 is 4.74 Å². The van der Waals surface area contributed by atoms with Crippen molar-refractivity contribution in [1.29, 1.82) is 0 Å². The van der Waals surface area contributed by atoms with Crippen molar-refractivity contribution in [3.8, 4) is 17.2 Å². The standard InChI is InChI=1S/C19H20N2O2S/c1-3-15-5-4-6-17(13-15)22-11-12-24-19-21-20-18(23-19)16-9-7-14(2)8-10-16/h4-10,13H,3,11-12H2,1-2H3. The molecule has 0 N–H and O–H groups in total. The largest absolute Gasteiger partial charge is 0.493 e. The van der Waals surface area contributed by atoms with Crippen LogP contribution in [0, 0.1) is 6.92 Å². The Kier molecular flexibility index (Phi) is 5.54. The summed E-state index contributed by atoms with van der Waals surface area (Å²) in [7, 11) is 0. The van der Waals surface area contributed by atoms with Gasteiger partial charge in [0.2, 0.25) is 5.89 Å². The van der Waals surface area contributed by atoms with Crippen LogP contribution in [-0.2, 0) is 6.42 Å². The van der Waals surface area contributed by atoms with Gasteiger partial charge in [0.25, 0.3) is 5.22 Å². The maximum absolute atomic E-state index is 5.76. The summed E-state index contributed by atoms with van der Waals surface area (Å²) in [6.45, 7) is 4.78. The molecule has 5 heteroatoms. The van der Waals surface area contributed by atoms with Crippen LogP contribution in [0.25, 0.3) is 11.5 Å². The summed E-state index contributed by atoms with van der Waals surface area (Å²) in [5.74, 6) is 2.21. The van der Waals surface area contributed by atoms with Gasteiger partial charge in [0.05, 0.1) is 6.61 Å². The van der Waals surface area contributed by atoms with Crippen LogP contribution in [0.15, 0.2) is 58.2 Å². The second-order valence-electron chi connectivity index (χ2n) is 5.44. The lowest BCUT2D eigenvalue weighted by Gasteiger charge is -2.06. The van der Waals surface area contributed by atoms with E-state index in [9.17, 15) is 0 Å². The highest BCUT2D eigenvalue weighted by Crippen LogP contribution is 2.23. The average molecular weight is 340 g/mol. The zero-order valence-electron chi connectivity index (χ0n) is 13.9. The van der Waals surface area contributed by atoms with Gasteiger partial charge in [-0.05, 0) is 43.2 Å². The van der Waals surface area contributed by atoms with Gasteiger partial charge in [-0.25, -0.2) is 0 Å². The smallest absolute Gasteiger partial charge is 0.276 e. The lowest BCUT2D eigenvalue weighted by molar-refractivity contribution is 0.343. The third-order valence-corrected chi connectivity index (χ3v) is 4.37. The van der Waals surface area contributed by atoms with Crippen LogP contribution in [0.3, 0.4) is 0 Å². The fourth-order valence-electron chi connectivity index (χ4n) is 2.22. The number of rotatable bonds is 7. The molecule has 0 aliphatic heterocycles. The Hall–Kier alpha value is -2.27. The molecule has 1 heterocycles. The maximum Gasteiger partial charge on any atom is 0.276 e. The van der Waals surface area contributed by atoms with Crippen molar-refractivity contribution < 1.29 is 9.15 Å². The van der Waals surface area contributed by atoms with E-state index in [1.165, 1.54) is 22.9 Å². The topological polar surface area (TPSA) is 48.2 Å². The zero-order chi connectivity index (χ0) is 16.8. The van der Waals surface area contributed by atoms with Crippen LogP contribution in [0.5, 0.6) is 5.75 Å². The van der Waals surface area contributed by atoms with Gasteiger partial charge in [0.15, 0.2) is 0 Å². The van der Waals surface area contributed by atoms with E-state index in [4.69, 9.17) is 9.15 Å². The van der Waals surface area contributed by atoms with Gasteiger partial charge in [-0.2, -0.15) is 0 Å². The Labute approximate surface area is 146 Å². The molecule has 2 aromatic carbocycles. The Balaban J connectivity index is 1.49. The SMILES string of the molecule is CCc1cccc(OCCSc2nnc(-c3ccc(C)cc3)o2)c1. The van der Waals surface area contributed by atoms with Crippen molar-refractivity contribution in [2.45, 2.75) is 25.5 Å². The quantitative estimate of drug-likeness (QED) is 0.458. The molecule has 1 aromatic heterocycles. The second kappa shape index (κ2) is 8.02. The highest BCUT2D eigenvalue weighted by molar-refractivity contribution is 7.99. The van der Waals surface area contributed by atoms with Crippen LogP contribution in [0.1, 0.15) is 18.1 Å². The first-order valence-corrected chi connectivity index (χ1v) is 8.98. The molecule has 0 unspecified atom stereocenters. The van der Waals surface area contributed by atoms with Crippen molar-refractivity contribution in [3.63, 3.8) is 0 Å². The molecule has 0 aliphatic rings. The number of thioether (sulfide) groups is 1. The Morgan fingerprint density at radius 2 is 1.92 bits per heavy atom. The van der Waals surface area contributed by atoms with Gasteiger partial charge in [0, 0.05) is 11.3 Å². The van der Waals surface area contributed by atoms with E-state index in [1.807, 2.05) is 36.4 Å². The first-order chi connectivity index (χ1) is 11.7. The minimum atomic E-state index is 0.550. The summed E-state index contributed by atoms with van der Waals surface area (Å²) in [6.07, 6.45) is 1.01. The molecular weight excluding hydrogens is 320 g/mol. The minimum Gasteiger partial charge on any atom is -0.493 e. The van der Waals surface area contributed by atoms with E-state index in [2.05, 4.69) is 36.2 Å². The highest BCUT2D eigenvalue weighted by Gasteiger charge is 2.08. The predicted molar refractivity (Wildman–Crippen MR) is 96.5 cm³/mol. The predicted octanol–water partition coefficient (Wildman–Crippen LogP) is 4.78. The van der Waals surface area contributed by atoms with Gasteiger partial charge in [-0.15, -0.1) is 10.2 Å². The number of aryl methyl sites for hydroxylation is 2. The Bertz CT molecular complexity index is 784. The molecule has 0 spiro atoms. The number of ether oxygens (including phenoxy) is 1. The van der Waals surface area contributed by atoms with E-state index in [0.717, 1.165) is 23.5 Å². The van der Waals surface area contributed by atoms with Gasteiger partial charge < -0.3 is 9.15 Å². The van der Waals surface area contributed by atoms with Crippen molar-refractivity contribution in [2.75, 3.05) is 12.4 Å². The van der Waals surface area contributed by atoms with Crippen molar-refractivity contribution >= 4 is 11.8 Å². The number of benzene rings is 2. The van der Waals surface area contributed by atoms with Crippen LogP contribution in [0.4, 0.5) is 0 Å². The van der Waals surface area contributed by atoms with E-state index in [-0.39, 0.29) is 0 Å². The van der Waals surface area contributed by atoms with Crippen molar-refractivity contribution in [2.24, 2.45) is 0 Å². The summed E-state index contributed by atoms with van der Waals surface area (Å²) in [4.78, 5) is 0. The lowest BCUT2D eigenvalue weighted by atomic mass is 10.1. The lowest BCUT2D eigenvalue weighted by Crippen LogP contribution is -2.00. The molecule has 0 aliphatic carbocycles. The van der Waals surface area contributed by atoms with Gasteiger partial charge in [-0.3, -0.25) is 0 Å². The monoisotopic (exact) mass is 340 g/mol. The molecular formula is C19H20N2O2S. The summed E-state index contributed by atoms with van der Waals surface area (Å²) in [6, 6.07) is 16.2. The highest BCUT2D eigenvalue weighted by atomic mass is 32.2. The van der Waals surface area contributed by atoms with Crippen LogP contribution >= 0.6 is 11.8 Å². The van der Waals surface area contributed by atoms with Crippen molar-refractivity contribution in [3.05, 3.63) is 59.7 Å². The number of nitrogens with zero attached hydrogens (tertiary/aromatic N) is 2. The molecule has 3 rings (SSSR count). The molecule has 0 radical (unpaired) electrons. The summed E-state index contributed by atoms with van der Waals surface area (Å²) in [5.41, 5.74) is 3.42. The normalized spacial score (nSPS) is 10.8. The first-order valence-electron chi connectivity index (χ1n) is 7.99. The van der Waals surface area contributed by atoms with Gasteiger partial charge in [0.1, 0.15) is 5.75 Å². The van der Waals surface area contributed by atoms with E-state index >= 15 is 0 Å². The molecule has 0 fully saturated rings. The van der Waals surface area contributed by atoms with Crippen LogP contribution in [0.2, 0.25) is 0 Å². The molecule has 0 bridgehead atoms. The average Bonchev–Trinajstić information content (AvgIpc) is 3.08. The van der Waals surface area contributed by atoms with Gasteiger partial charge >= 0.3 is 0 Å². The third kappa shape index (κ3) is 4.38. The Morgan fingerprint density at radius 1 is 1.08 bits per heavy atom. The summed E-state index contributed by atoms with van der Waals surface area (Å²) < 4.78 is 11.4. The van der Waals surface area contributed by atoms with Crippen molar-refractivity contribution in [1.82, 2.24) is 10.2 Å².